The van der Waals surface area contributed by atoms with E-state index in [4.69, 9.17) is 5.73 Å². The number of carbonyl (C=O) groups is 1. The van der Waals surface area contributed by atoms with Crippen LogP contribution < -0.4 is 16.4 Å². The van der Waals surface area contributed by atoms with Crippen molar-refractivity contribution in [1.82, 2.24) is 4.90 Å². The maximum absolute atomic E-state index is 13.5. The third-order valence-electron chi connectivity index (χ3n) is 5.72. The summed E-state index contributed by atoms with van der Waals surface area (Å²) >= 11 is 0. The van der Waals surface area contributed by atoms with Crippen LogP contribution in [0, 0.1) is 0 Å². The number of aliphatic imine (C=N–C) groups is 1. The summed E-state index contributed by atoms with van der Waals surface area (Å²) in [5.41, 5.74) is 6.71. The molecular weight excluding hydrogens is 479 g/mol. The highest BCUT2D eigenvalue weighted by molar-refractivity contribution is 6.15. The Kier molecular flexibility index (Phi) is 10.7. The smallest absolute Gasteiger partial charge is 0.382 e. The minimum Gasteiger partial charge on any atom is -0.382 e. The third kappa shape index (κ3) is 8.08. The second-order valence-electron chi connectivity index (χ2n) is 8.26. The van der Waals surface area contributed by atoms with Crippen molar-refractivity contribution in [3.05, 3.63) is 96.9 Å². The Bertz CT molecular complexity index is 1130. The molecule has 0 radical (unpaired) electrons. The van der Waals surface area contributed by atoms with E-state index in [0.29, 0.717) is 23.9 Å². The molecule has 1 aliphatic heterocycles. The first-order valence-corrected chi connectivity index (χ1v) is 11.9. The predicted octanol–water partition coefficient (Wildman–Crippen LogP) is 6.08. The number of allylic oxidation sites excluding steroid dienone is 3. The summed E-state index contributed by atoms with van der Waals surface area (Å²) in [6, 6.07) is 7.80. The van der Waals surface area contributed by atoms with E-state index in [0.717, 1.165) is 29.5 Å². The third-order valence-corrected chi connectivity index (χ3v) is 5.72. The van der Waals surface area contributed by atoms with Crippen molar-refractivity contribution in [3.63, 3.8) is 0 Å². The number of carbonyl (C=O) groups excluding carboxylic acids is 1. The Hall–Kier alpha value is -3.85. The van der Waals surface area contributed by atoms with Crippen LogP contribution in [-0.4, -0.2) is 42.0 Å². The number of nitrogens with one attached hydrogen (secondary N) is 2. The zero-order valence-electron chi connectivity index (χ0n) is 21.2. The van der Waals surface area contributed by atoms with Crippen molar-refractivity contribution >= 4 is 23.1 Å². The minimum absolute atomic E-state index is 0.170. The van der Waals surface area contributed by atoms with E-state index >= 15 is 0 Å². The molecule has 0 saturated carbocycles. The van der Waals surface area contributed by atoms with E-state index in [-0.39, 0.29) is 23.3 Å². The van der Waals surface area contributed by atoms with Gasteiger partial charge >= 0.3 is 6.18 Å². The van der Waals surface area contributed by atoms with Gasteiger partial charge in [-0.1, -0.05) is 44.9 Å². The lowest BCUT2D eigenvalue weighted by Gasteiger charge is -2.28. The molecule has 1 unspecified atom stereocenters. The van der Waals surface area contributed by atoms with Crippen LogP contribution in [0.25, 0.3) is 0 Å². The average molecular weight is 514 g/mol. The van der Waals surface area contributed by atoms with E-state index < -0.39 is 24.2 Å². The van der Waals surface area contributed by atoms with Gasteiger partial charge in [-0.3, -0.25) is 9.69 Å². The van der Waals surface area contributed by atoms with E-state index in [1.165, 1.54) is 6.08 Å². The maximum atomic E-state index is 13.5. The summed E-state index contributed by atoms with van der Waals surface area (Å²) in [6.07, 6.45) is 3.51. The molecule has 6 nitrogen and oxygen atoms in total. The number of benzene rings is 1. The van der Waals surface area contributed by atoms with Gasteiger partial charge in [-0.15, -0.1) is 0 Å². The highest BCUT2D eigenvalue weighted by atomic mass is 19.4. The van der Waals surface area contributed by atoms with Crippen LogP contribution in [0.1, 0.15) is 26.7 Å². The fourth-order valence-corrected chi connectivity index (χ4v) is 3.74. The molecule has 9 heteroatoms. The van der Waals surface area contributed by atoms with Crippen molar-refractivity contribution in [3.8, 4) is 0 Å². The van der Waals surface area contributed by atoms with Gasteiger partial charge in [0.25, 0.3) is 5.91 Å². The second kappa shape index (κ2) is 13.5. The second-order valence-corrected chi connectivity index (χ2v) is 8.26. The SMILES string of the molecule is C=C/C(CN1C(=O)C=CC(=C/C)/C1=N\C(=C)Nc1ccc(NC(CC)CCN)cc1)=C(\C=C)C(F)(F)F. The van der Waals surface area contributed by atoms with Gasteiger partial charge < -0.3 is 16.4 Å². The zero-order valence-corrected chi connectivity index (χ0v) is 21.2. The van der Waals surface area contributed by atoms with Crippen LogP contribution in [-0.2, 0) is 4.79 Å². The van der Waals surface area contributed by atoms with Crippen LogP contribution in [0.5, 0.6) is 0 Å². The molecule has 37 heavy (non-hydrogen) atoms. The minimum atomic E-state index is -4.64. The van der Waals surface area contributed by atoms with Gasteiger partial charge in [0.1, 0.15) is 11.7 Å². The predicted molar refractivity (Wildman–Crippen MR) is 146 cm³/mol. The van der Waals surface area contributed by atoms with Gasteiger partial charge in [0.05, 0.1) is 12.1 Å². The fourth-order valence-electron chi connectivity index (χ4n) is 3.74. The number of nitrogens with zero attached hydrogens (tertiary/aromatic N) is 2. The molecular formula is C28H34F3N5O. The topological polar surface area (TPSA) is 82.8 Å². The number of rotatable bonds is 12. The molecule has 1 amide bonds. The van der Waals surface area contributed by atoms with Crippen LogP contribution in [0.4, 0.5) is 24.5 Å². The summed E-state index contributed by atoms with van der Waals surface area (Å²) in [5, 5.41) is 6.50. The summed E-state index contributed by atoms with van der Waals surface area (Å²) < 4.78 is 40.5. The number of amides is 1. The van der Waals surface area contributed by atoms with E-state index in [1.54, 1.807) is 19.1 Å². The Morgan fingerprint density at radius 3 is 2.32 bits per heavy atom. The lowest BCUT2D eigenvalue weighted by atomic mass is 10.0. The van der Waals surface area contributed by atoms with Crippen molar-refractivity contribution in [2.24, 2.45) is 10.7 Å². The first-order chi connectivity index (χ1) is 17.6. The molecule has 4 N–H and O–H groups in total. The summed E-state index contributed by atoms with van der Waals surface area (Å²) in [7, 11) is 0. The van der Waals surface area contributed by atoms with Gasteiger partial charge in [0, 0.05) is 29.1 Å². The Morgan fingerprint density at radius 2 is 1.81 bits per heavy atom. The molecule has 0 aromatic heterocycles. The normalized spacial score (nSPS) is 17.5. The highest BCUT2D eigenvalue weighted by Crippen LogP contribution is 2.30. The van der Waals surface area contributed by atoms with Gasteiger partial charge in [0.2, 0.25) is 0 Å². The number of nitrogens with two attached hydrogens (primary N) is 1. The lowest BCUT2D eigenvalue weighted by Crippen LogP contribution is -2.41. The molecule has 0 saturated heterocycles. The molecule has 1 aromatic rings. The number of halogens is 3. The first kappa shape index (κ1) is 29.4. The number of hydrogen-bond donors (Lipinski definition) is 3. The number of alkyl halides is 3. The molecule has 1 aromatic carbocycles. The molecule has 0 aliphatic carbocycles. The van der Waals surface area contributed by atoms with Crippen LogP contribution >= 0.6 is 0 Å². The number of amidine groups is 1. The molecule has 1 atom stereocenters. The van der Waals surface area contributed by atoms with Gasteiger partial charge in [-0.25, -0.2) is 4.99 Å². The summed E-state index contributed by atoms with van der Waals surface area (Å²) in [5.74, 6) is -0.134. The largest absolute Gasteiger partial charge is 0.416 e. The van der Waals surface area contributed by atoms with Crippen LogP contribution in [0.3, 0.4) is 0 Å². The number of hydrogen-bond acceptors (Lipinski definition) is 5. The molecule has 1 heterocycles. The Morgan fingerprint density at radius 1 is 1.16 bits per heavy atom. The van der Waals surface area contributed by atoms with Crippen molar-refractivity contribution in [2.45, 2.75) is 38.9 Å². The molecule has 0 spiro atoms. The van der Waals surface area contributed by atoms with Gasteiger partial charge in [-0.05, 0) is 62.2 Å². The van der Waals surface area contributed by atoms with Crippen molar-refractivity contribution in [2.75, 3.05) is 23.7 Å². The van der Waals surface area contributed by atoms with Gasteiger partial charge in [-0.2, -0.15) is 13.2 Å². The number of anilines is 2. The zero-order chi connectivity index (χ0) is 27.6. The fraction of sp³-hybridized carbons (Fsp3) is 0.286. The lowest BCUT2D eigenvalue weighted by molar-refractivity contribution is -0.122. The van der Waals surface area contributed by atoms with E-state index in [2.05, 4.69) is 42.3 Å². The van der Waals surface area contributed by atoms with E-state index in [1.807, 2.05) is 24.3 Å². The molecule has 0 bridgehead atoms. The van der Waals surface area contributed by atoms with Crippen molar-refractivity contribution < 1.29 is 18.0 Å². The molecule has 198 valence electrons. The summed E-state index contributed by atoms with van der Waals surface area (Å²) in [4.78, 5) is 18.3. The molecule has 2 rings (SSSR count). The Balaban J connectivity index is 2.31. The maximum Gasteiger partial charge on any atom is 0.416 e. The standard InChI is InChI=1S/C28H34F3N5O/c1-6-20-10-15-26(37)36(18-21(7-2)25(9-4)28(29,30)31)27(20)34-19(5)33-23-11-13-24(14-12-23)35-22(8-3)16-17-32/h6-7,9-15,22,33,35H,2,4-5,8,16-18,32H2,1,3H3/b20-6-,25-21-,34-27+. The quantitative estimate of drug-likeness (QED) is 0.296. The van der Waals surface area contributed by atoms with E-state index in [9.17, 15) is 18.0 Å². The molecule has 0 fully saturated rings. The highest BCUT2D eigenvalue weighted by Gasteiger charge is 2.35. The van der Waals surface area contributed by atoms with Crippen molar-refractivity contribution in [1.29, 1.82) is 0 Å². The van der Waals surface area contributed by atoms with Crippen LogP contribution in [0.2, 0.25) is 0 Å². The molecule has 1 aliphatic rings. The first-order valence-electron chi connectivity index (χ1n) is 11.9. The average Bonchev–Trinajstić information content (AvgIpc) is 2.85. The summed E-state index contributed by atoms with van der Waals surface area (Å²) in [6.45, 7) is 14.7. The monoisotopic (exact) mass is 513 g/mol. The Labute approximate surface area is 216 Å². The van der Waals surface area contributed by atoms with Gasteiger partial charge in [0.15, 0.2) is 0 Å². The van der Waals surface area contributed by atoms with Crippen LogP contribution in [0.15, 0.2) is 102 Å².